The molecule has 0 radical (unpaired) electrons. The molecule has 0 aromatic heterocycles. The summed E-state index contributed by atoms with van der Waals surface area (Å²) in [4.78, 5) is 0. The normalized spacial score (nSPS) is 10.3. The van der Waals surface area contributed by atoms with Crippen LogP contribution in [0.25, 0.3) is 0 Å². The van der Waals surface area contributed by atoms with Crippen molar-refractivity contribution < 1.29 is 9.47 Å². The van der Waals surface area contributed by atoms with Crippen molar-refractivity contribution in [3.63, 3.8) is 0 Å². The van der Waals surface area contributed by atoms with Crippen LogP contribution < -0.4 is 9.47 Å². The summed E-state index contributed by atoms with van der Waals surface area (Å²) in [6.45, 7) is 0.566. The number of rotatable bonds is 6. The maximum Gasteiger partial charge on any atom is 0.157 e. The van der Waals surface area contributed by atoms with E-state index >= 15 is 0 Å². The standard InChI is InChI=1S/C16H11BrCl4O2/c17-11-3-1-2-10(6-11)9-23-16-13(18)7-12(8-14(16)19)22-5-4-15(20)21/h1-4,6-8H,5,9H2. The van der Waals surface area contributed by atoms with Crippen LogP contribution in [-0.2, 0) is 6.61 Å². The molecule has 0 unspecified atom stereocenters. The minimum Gasteiger partial charge on any atom is -0.489 e. The fourth-order valence-electron chi connectivity index (χ4n) is 1.74. The summed E-state index contributed by atoms with van der Waals surface area (Å²) in [5.41, 5.74) is 0.994. The quantitative estimate of drug-likeness (QED) is 0.464. The van der Waals surface area contributed by atoms with Gasteiger partial charge in [-0.1, -0.05) is 74.5 Å². The Morgan fingerprint density at radius 3 is 2.35 bits per heavy atom. The number of hydrogen-bond donors (Lipinski definition) is 0. The first-order valence-electron chi connectivity index (χ1n) is 6.46. The molecule has 0 aliphatic carbocycles. The van der Waals surface area contributed by atoms with Crippen molar-refractivity contribution >= 4 is 62.3 Å². The maximum atomic E-state index is 6.21. The molecule has 0 fully saturated rings. The van der Waals surface area contributed by atoms with Gasteiger partial charge in [0.2, 0.25) is 0 Å². The predicted molar refractivity (Wildman–Crippen MR) is 100 cm³/mol. The molecule has 0 bridgehead atoms. The van der Waals surface area contributed by atoms with E-state index in [4.69, 9.17) is 55.9 Å². The zero-order valence-electron chi connectivity index (χ0n) is 11.7. The van der Waals surface area contributed by atoms with Gasteiger partial charge in [0.25, 0.3) is 0 Å². The molecule has 2 aromatic rings. The minimum atomic E-state index is 0.135. The van der Waals surface area contributed by atoms with Gasteiger partial charge in [0.05, 0.1) is 10.0 Å². The highest BCUT2D eigenvalue weighted by Crippen LogP contribution is 2.37. The molecule has 2 nitrogen and oxygen atoms in total. The van der Waals surface area contributed by atoms with Gasteiger partial charge in [-0.3, -0.25) is 0 Å². The van der Waals surface area contributed by atoms with Crippen molar-refractivity contribution in [1.82, 2.24) is 0 Å². The molecule has 0 N–H and O–H groups in total. The van der Waals surface area contributed by atoms with E-state index in [0.717, 1.165) is 10.0 Å². The zero-order chi connectivity index (χ0) is 16.8. The summed E-state index contributed by atoms with van der Waals surface area (Å²) in [7, 11) is 0. The van der Waals surface area contributed by atoms with Crippen LogP contribution in [0.3, 0.4) is 0 Å². The van der Waals surface area contributed by atoms with Crippen molar-refractivity contribution in [2.24, 2.45) is 0 Å². The molecule has 0 aliphatic heterocycles. The number of benzene rings is 2. The number of halogens is 5. The Labute approximate surface area is 163 Å². The fourth-order valence-corrected chi connectivity index (χ4v) is 2.89. The third-order valence-electron chi connectivity index (χ3n) is 2.73. The molecule has 122 valence electrons. The Bertz CT molecular complexity index is 692. The van der Waals surface area contributed by atoms with Crippen molar-refractivity contribution in [3.8, 4) is 11.5 Å². The van der Waals surface area contributed by atoms with E-state index in [0.29, 0.717) is 28.2 Å². The first-order chi connectivity index (χ1) is 11.0. The van der Waals surface area contributed by atoms with Crippen molar-refractivity contribution in [2.75, 3.05) is 6.61 Å². The van der Waals surface area contributed by atoms with Crippen LogP contribution in [0.2, 0.25) is 10.0 Å². The zero-order valence-corrected chi connectivity index (χ0v) is 16.3. The van der Waals surface area contributed by atoms with Crippen LogP contribution in [0.4, 0.5) is 0 Å². The highest BCUT2D eigenvalue weighted by atomic mass is 79.9. The molecule has 7 heteroatoms. The Morgan fingerprint density at radius 1 is 1.04 bits per heavy atom. The Balaban J connectivity index is 2.06. The SMILES string of the molecule is ClC(Cl)=CCOc1cc(Cl)c(OCc2cccc(Br)c2)c(Cl)c1. The second kappa shape index (κ2) is 9.05. The lowest BCUT2D eigenvalue weighted by atomic mass is 10.2. The van der Waals surface area contributed by atoms with Gasteiger partial charge in [-0.15, -0.1) is 0 Å². The largest absolute Gasteiger partial charge is 0.489 e. The van der Waals surface area contributed by atoms with E-state index in [1.165, 1.54) is 6.08 Å². The molecule has 0 amide bonds. The van der Waals surface area contributed by atoms with Crippen LogP contribution in [0.5, 0.6) is 11.5 Å². The minimum absolute atomic E-state index is 0.135. The monoisotopic (exact) mass is 454 g/mol. The van der Waals surface area contributed by atoms with Gasteiger partial charge >= 0.3 is 0 Å². The first-order valence-corrected chi connectivity index (χ1v) is 8.76. The molecular weight excluding hydrogens is 446 g/mol. The summed E-state index contributed by atoms with van der Waals surface area (Å²) >= 11 is 26.9. The van der Waals surface area contributed by atoms with E-state index in [1.807, 2.05) is 24.3 Å². The van der Waals surface area contributed by atoms with Gasteiger partial charge in [-0.05, 0) is 23.8 Å². The van der Waals surface area contributed by atoms with E-state index in [-0.39, 0.29) is 11.1 Å². The van der Waals surface area contributed by atoms with Gasteiger partial charge in [-0.25, -0.2) is 0 Å². The van der Waals surface area contributed by atoms with Crippen molar-refractivity contribution in [2.45, 2.75) is 6.61 Å². The molecular formula is C16H11BrCl4O2. The van der Waals surface area contributed by atoms with E-state index in [2.05, 4.69) is 15.9 Å². The maximum absolute atomic E-state index is 6.21. The molecule has 2 aromatic carbocycles. The highest BCUT2D eigenvalue weighted by molar-refractivity contribution is 9.10. The van der Waals surface area contributed by atoms with Crippen LogP contribution in [0, 0.1) is 0 Å². The molecule has 0 saturated heterocycles. The summed E-state index contributed by atoms with van der Waals surface area (Å²) < 4.78 is 12.3. The van der Waals surface area contributed by atoms with Crippen molar-refractivity contribution in [3.05, 3.63) is 67.0 Å². The second-order valence-corrected chi connectivity index (χ2v) is 7.18. The van der Waals surface area contributed by atoms with E-state index < -0.39 is 0 Å². The van der Waals surface area contributed by atoms with E-state index in [1.54, 1.807) is 12.1 Å². The molecule has 0 atom stereocenters. The smallest absolute Gasteiger partial charge is 0.157 e. The Morgan fingerprint density at radius 2 is 1.74 bits per heavy atom. The molecule has 0 saturated carbocycles. The van der Waals surface area contributed by atoms with E-state index in [9.17, 15) is 0 Å². The Kier molecular flexibility index (Phi) is 7.38. The molecule has 23 heavy (non-hydrogen) atoms. The lowest BCUT2D eigenvalue weighted by molar-refractivity contribution is 0.305. The lowest BCUT2D eigenvalue weighted by Crippen LogP contribution is -1.98. The average molecular weight is 457 g/mol. The summed E-state index contributed by atoms with van der Waals surface area (Å²) in [6, 6.07) is 11.0. The van der Waals surface area contributed by atoms with Gasteiger partial charge in [-0.2, -0.15) is 0 Å². The molecule has 0 aliphatic rings. The van der Waals surface area contributed by atoms with Crippen LogP contribution in [0.15, 0.2) is 51.4 Å². The highest BCUT2D eigenvalue weighted by Gasteiger charge is 2.11. The third-order valence-corrected chi connectivity index (χ3v) is 4.09. The third kappa shape index (κ3) is 6.09. The number of ether oxygens (including phenoxy) is 2. The molecule has 0 heterocycles. The fraction of sp³-hybridized carbons (Fsp3) is 0.125. The lowest BCUT2D eigenvalue weighted by Gasteiger charge is -2.12. The average Bonchev–Trinajstić information content (AvgIpc) is 2.46. The predicted octanol–water partition coefficient (Wildman–Crippen LogP) is 7.03. The molecule has 2 rings (SSSR count). The number of hydrogen-bond acceptors (Lipinski definition) is 2. The van der Waals surface area contributed by atoms with Gasteiger partial charge in [0.15, 0.2) is 5.75 Å². The topological polar surface area (TPSA) is 18.5 Å². The summed E-state index contributed by atoms with van der Waals surface area (Å²) in [6.07, 6.45) is 1.52. The van der Waals surface area contributed by atoms with Gasteiger partial charge in [0, 0.05) is 16.6 Å². The van der Waals surface area contributed by atoms with Crippen LogP contribution in [-0.4, -0.2) is 6.61 Å². The van der Waals surface area contributed by atoms with Crippen molar-refractivity contribution in [1.29, 1.82) is 0 Å². The Hall–Kier alpha value is -0.580. The van der Waals surface area contributed by atoms with Crippen LogP contribution >= 0.6 is 62.3 Å². The second-order valence-electron chi connectivity index (χ2n) is 4.44. The van der Waals surface area contributed by atoms with Crippen LogP contribution in [0.1, 0.15) is 5.56 Å². The van der Waals surface area contributed by atoms with Gasteiger partial charge in [0.1, 0.15) is 23.5 Å². The summed E-state index contributed by atoms with van der Waals surface area (Å²) in [5, 5.41) is 0.729. The van der Waals surface area contributed by atoms with Gasteiger partial charge < -0.3 is 9.47 Å². The molecule has 0 spiro atoms. The summed E-state index contributed by atoms with van der Waals surface area (Å²) in [5.74, 6) is 0.909. The first kappa shape index (κ1) is 18.8.